The molecule has 0 unspecified atom stereocenters. The zero-order valence-electron chi connectivity index (χ0n) is 14.0. The van der Waals surface area contributed by atoms with Crippen LogP contribution in [0.5, 0.6) is 11.5 Å². The van der Waals surface area contributed by atoms with Crippen molar-refractivity contribution in [3.05, 3.63) is 52.0 Å². The van der Waals surface area contributed by atoms with E-state index in [1.165, 1.54) is 16.3 Å². The average molecular weight is 398 g/mol. The molecule has 132 valence electrons. The van der Waals surface area contributed by atoms with Gasteiger partial charge >= 0.3 is 6.09 Å². The molecule has 1 amide bonds. The third-order valence-corrected chi connectivity index (χ3v) is 5.27. The van der Waals surface area contributed by atoms with Gasteiger partial charge in [-0.1, -0.05) is 35.3 Å². The van der Waals surface area contributed by atoms with E-state index >= 15 is 0 Å². The van der Waals surface area contributed by atoms with Crippen LogP contribution in [-0.4, -0.2) is 23.0 Å². The van der Waals surface area contributed by atoms with Crippen LogP contribution in [0, 0.1) is 0 Å². The standard InChI is InChI=1S/C18H17Cl2NO3S/c1-18(2)10-11-5-4-6-15(16(11)24-18)23-17(22)21(3)25-12-7-8-13(19)14(20)9-12/h4-9H,10H2,1-3H3. The Bertz CT molecular complexity index is 826. The Kier molecular flexibility index (Phi) is 5.09. The van der Waals surface area contributed by atoms with Crippen LogP contribution in [0.4, 0.5) is 4.79 Å². The monoisotopic (exact) mass is 397 g/mol. The first-order chi connectivity index (χ1) is 11.7. The van der Waals surface area contributed by atoms with Gasteiger partial charge in [-0.2, -0.15) is 0 Å². The topological polar surface area (TPSA) is 38.8 Å². The molecule has 1 aliphatic rings. The van der Waals surface area contributed by atoms with Crippen LogP contribution in [0.25, 0.3) is 0 Å². The van der Waals surface area contributed by atoms with Crippen LogP contribution in [0.15, 0.2) is 41.3 Å². The highest BCUT2D eigenvalue weighted by Gasteiger charge is 2.33. The number of hydrogen-bond acceptors (Lipinski definition) is 4. The highest BCUT2D eigenvalue weighted by Crippen LogP contribution is 2.42. The fourth-order valence-corrected chi connectivity index (χ4v) is 3.65. The Hall–Kier alpha value is -1.56. The van der Waals surface area contributed by atoms with E-state index in [0.717, 1.165) is 16.9 Å². The quantitative estimate of drug-likeness (QED) is 0.609. The van der Waals surface area contributed by atoms with Gasteiger partial charge in [-0.15, -0.1) is 0 Å². The van der Waals surface area contributed by atoms with E-state index in [1.54, 1.807) is 31.3 Å². The SMILES string of the molecule is CN(Sc1ccc(Cl)c(Cl)c1)C(=O)Oc1cccc2c1OC(C)(C)C2. The number of nitrogens with zero attached hydrogens (tertiary/aromatic N) is 1. The molecule has 25 heavy (non-hydrogen) atoms. The molecule has 0 fully saturated rings. The normalized spacial score (nSPS) is 14.6. The summed E-state index contributed by atoms with van der Waals surface area (Å²) < 4.78 is 12.8. The Morgan fingerprint density at radius 2 is 2.00 bits per heavy atom. The number of rotatable bonds is 3. The summed E-state index contributed by atoms with van der Waals surface area (Å²) >= 11 is 13.1. The van der Waals surface area contributed by atoms with Crippen molar-refractivity contribution in [2.24, 2.45) is 0 Å². The lowest BCUT2D eigenvalue weighted by Gasteiger charge is -2.19. The predicted octanol–water partition coefficient (Wildman–Crippen LogP) is 5.84. The summed E-state index contributed by atoms with van der Waals surface area (Å²) in [6.07, 6.45) is 0.277. The lowest BCUT2D eigenvalue weighted by atomic mass is 10.0. The maximum Gasteiger partial charge on any atom is 0.425 e. The van der Waals surface area contributed by atoms with Gasteiger partial charge < -0.3 is 9.47 Å². The van der Waals surface area contributed by atoms with Crippen molar-refractivity contribution in [1.29, 1.82) is 0 Å². The fraction of sp³-hybridized carbons (Fsp3) is 0.278. The van der Waals surface area contributed by atoms with Crippen LogP contribution in [0.2, 0.25) is 10.0 Å². The second kappa shape index (κ2) is 6.98. The van der Waals surface area contributed by atoms with Crippen LogP contribution < -0.4 is 9.47 Å². The van der Waals surface area contributed by atoms with Crippen molar-refractivity contribution < 1.29 is 14.3 Å². The Morgan fingerprint density at radius 1 is 1.24 bits per heavy atom. The van der Waals surface area contributed by atoms with E-state index in [2.05, 4.69) is 0 Å². The molecule has 0 saturated heterocycles. The zero-order chi connectivity index (χ0) is 18.2. The molecule has 0 atom stereocenters. The van der Waals surface area contributed by atoms with E-state index < -0.39 is 6.09 Å². The molecule has 0 aliphatic carbocycles. The Labute approximate surface area is 161 Å². The number of ether oxygens (including phenoxy) is 2. The molecule has 0 aromatic heterocycles. The van der Waals surface area contributed by atoms with Gasteiger partial charge in [0.15, 0.2) is 11.5 Å². The largest absolute Gasteiger partial charge is 0.483 e. The summed E-state index contributed by atoms with van der Waals surface area (Å²) in [4.78, 5) is 13.2. The predicted molar refractivity (Wildman–Crippen MR) is 101 cm³/mol. The van der Waals surface area contributed by atoms with Gasteiger partial charge in [-0.25, -0.2) is 9.10 Å². The molecule has 0 bridgehead atoms. The molecule has 2 aromatic rings. The fourth-order valence-electron chi connectivity index (χ4n) is 2.56. The number of hydrogen-bond donors (Lipinski definition) is 0. The van der Waals surface area contributed by atoms with Crippen molar-refractivity contribution >= 4 is 41.2 Å². The van der Waals surface area contributed by atoms with Crippen LogP contribution in [0.1, 0.15) is 19.4 Å². The summed E-state index contributed by atoms with van der Waals surface area (Å²) in [5, 5.41) is 0.904. The van der Waals surface area contributed by atoms with Crippen LogP contribution in [0.3, 0.4) is 0 Å². The van der Waals surface area contributed by atoms with Gasteiger partial charge in [0, 0.05) is 23.9 Å². The molecular formula is C18H17Cl2NO3S. The smallest absolute Gasteiger partial charge is 0.425 e. The minimum Gasteiger partial charge on any atom is -0.483 e. The van der Waals surface area contributed by atoms with Gasteiger partial charge in [-0.05, 0) is 50.1 Å². The van der Waals surface area contributed by atoms with Gasteiger partial charge in [0.05, 0.1) is 10.0 Å². The van der Waals surface area contributed by atoms with E-state index in [9.17, 15) is 4.79 Å². The first-order valence-corrected chi connectivity index (χ1v) is 9.17. The molecule has 3 rings (SSSR count). The number of halogens is 2. The van der Waals surface area contributed by atoms with Crippen LogP contribution in [-0.2, 0) is 6.42 Å². The van der Waals surface area contributed by atoms with Crippen molar-refractivity contribution in [3.63, 3.8) is 0 Å². The molecule has 0 spiro atoms. The van der Waals surface area contributed by atoms with E-state index in [0.29, 0.717) is 21.5 Å². The number of carbonyl (C=O) groups excluding carboxylic acids is 1. The number of fused-ring (bicyclic) bond motifs is 1. The molecule has 1 aliphatic heterocycles. The van der Waals surface area contributed by atoms with Gasteiger partial charge in [0.1, 0.15) is 5.60 Å². The molecular weight excluding hydrogens is 381 g/mol. The minimum atomic E-state index is -0.502. The molecule has 4 nitrogen and oxygen atoms in total. The first kappa shape index (κ1) is 18.2. The van der Waals surface area contributed by atoms with Crippen molar-refractivity contribution in [1.82, 2.24) is 4.31 Å². The third-order valence-electron chi connectivity index (χ3n) is 3.64. The summed E-state index contributed by atoms with van der Waals surface area (Å²) in [7, 11) is 1.63. The number of para-hydroxylation sites is 1. The summed E-state index contributed by atoms with van der Waals surface area (Å²) in [6.45, 7) is 4.01. The van der Waals surface area contributed by atoms with E-state index in [-0.39, 0.29) is 5.60 Å². The molecule has 1 heterocycles. The van der Waals surface area contributed by atoms with Gasteiger partial charge in [0.2, 0.25) is 0 Å². The number of carbonyl (C=O) groups is 1. The average Bonchev–Trinajstić information content (AvgIpc) is 2.86. The highest BCUT2D eigenvalue weighted by atomic mass is 35.5. The summed E-state index contributed by atoms with van der Waals surface area (Å²) in [5.41, 5.74) is 0.737. The highest BCUT2D eigenvalue weighted by molar-refractivity contribution is 7.97. The van der Waals surface area contributed by atoms with E-state index in [4.69, 9.17) is 32.7 Å². The number of benzene rings is 2. The van der Waals surface area contributed by atoms with Gasteiger partial charge in [-0.3, -0.25) is 0 Å². The van der Waals surface area contributed by atoms with Gasteiger partial charge in [0.25, 0.3) is 0 Å². The second-order valence-electron chi connectivity index (χ2n) is 6.32. The molecule has 7 heteroatoms. The molecule has 0 N–H and O–H groups in total. The Morgan fingerprint density at radius 3 is 2.72 bits per heavy atom. The zero-order valence-corrected chi connectivity index (χ0v) is 16.3. The summed E-state index contributed by atoms with van der Waals surface area (Å²) in [5.74, 6) is 1.06. The lowest BCUT2D eigenvalue weighted by molar-refractivity contribution is 0.132. The Balaban J connectivity index is 1.71. The minimum absolute atomic E-state index is 0.300. The van der Waals surface area contributed by atoms with Crippen molar-refractivity contribution in [2.45, 2.75) is 30.8 Å². The second-order valence-corrected chi connectivity index (χ2v) is 8.33. The molecule has 0 radical (unpaired) electrons. The molecule has 2 aromatic carbocycles. The number of amides is 1. The molecule has 0 saturated carbocycles. The van der Waals surface area contributed by atoms with Crippen molar-refractivity contribution in [2.75, 3.05) is 7.05 Å². The van der Waals surface area contributed by atoms with E-state index in [1.807, 2.05) is 26.0 Å². The maximum atomic E-state index is 12.4. The third kappa shape index (κ3) is 4.17. The summed E-state index contributed by atoms with van der Waals surface area (Å²) in [6, 6.07) is 10.7. The maximum absolute atomic E-state index is 12.4. The lowest BCUT2D eigenvalue weighted by Crippen LogP contribution is -2.25. The van der Waals surface area contributed by atoms with Crippen LogP contribution >= 0.6 is 35.1 Å². The van der Waals surface area contributed by atoms with Crippen molar-refractivity contribution in [3.8, 4) is 11.5 Å². The first-order valence-electron chi connectivity index (χ1n) is 7.65.